The number of alkyl halides is 1. The van der Waals surface area contributed by atoms with E-state index < -0.39 is 5.97 Å². The van der Waals surface area contributed by atoms with Crippen molar-refractivity contribution in [2.75, 3.05) is 17.7 Å². The van der Waals surface area contributed by atoms with E-state index in [9.17, 15) is 4.79 Å². The molecule has 0 aromatic carbocycles. The highest BCUT2D eigenvalue weighted by atomic mass is 35.5. The van der Waals surface area contributed by atoms with Crippen molar-refractivity contribution in [1.29, 1.82) is 0 Å². The van der Waals surface area contributed by atoms with Crippen LogP contribution >= 0.6 is 11.6 Å². The molecule has 18 heavy (non-hydrogen) atoms. The van der Waals surface area contributed by atoms with Crippen LogP contribution in [0.5, 0.6) is 0 Å². The number of rotatable bonds is 5. The number of hydrogen-bond donors (Lipinski definition) is 2. The summed E-state index contributed by atoms with van der Waals surface area (Å²) < 4.78 is 1.72. The minimum atomic E-state index is -1.02. The van der Waals surface area contributed by atoms with Crippen LogP contribution in [0.4, 0.5) is 5.69 Å². The van der Waals surface area contributed by atoms with Gasteiger partial charge in [0.2, 0.25) is 0 Å². The van der Waals surface area contributed by atoms with Gasteiger partial charge in [-0.25, -0.2) is 14.5 Å². The van der Waals surface area contributed by atoms with Gasteiger partial charge in [0.25, 0.3) is 0 Å². The topological polar surface area (TPSA) is 80.0 Å². The largest absolute Gasteiger partial charge is 0.478 e. The molecule has 0 aliphatic rings. The van der Waals surface area contributed by atoms with Gasteiger partial charge in [0, 0.05) is 25.2 Å². The van der Waals surface area contributed by atoms with Crippen LogP contribution < -0.4 is 5.32 Å². The predicted molar refractivity (Wildman–Crippen MR) is 69.4 cm³/mol. The Morgan fingerprint density at radius 1 is 1.56 bits per heavy atom. The molecule has 0 saturated carbocycles. The number of pyridine rings is 1. The second-order valence-electron chi connectivity index (χ2n) is 3.67. The first-order valence-electron chi connectivity index (χ1n) is 5.56. The van der Waals surface area contributed by atoms with Crippen LogP contribution in [0, 0.1) is 0 Å². The lowest BCUT2D eigenvalue weighted by Gasteiger charge is -2.09. The minimum absolute atomic E-state index is 0.128. The van der Waals surface area contributed by atoms with Crippen molar-refractivity contribution >= 4 is 34.3 Å². The number of halogens is 1. The van der Waals surface area contributed by atoms with Crippen LogP contribution in [-0.4, -0.2) is 38.3 Å². The quantitative estimate of drug-likeness (QED) is 0.809. The van der Waals surface area contributed by atoms with Crippen molar-refractivity contribution in [3.8, 4) is 0 Å². The molecule has 6 nitrogen and oxygen atoms in total. The van der Waals surface area contributed by atoms with Crippen LogP contribution in [0.1, 0.15) is 17.3 Å². The molecule has 7 heteroatoms. The number of aryl methyl sites for hydroxylation is 1. The Morgan fingerprint density at radius 2 is 2.33 bits per heavy atom. The molecule has 0 aliphatic heterocycles. The highest BCUT2D eigenvalue weighted by molar-refractivity contribution is 6.18. The molecule has 2 N–H and O–H groups in total. The number of carboxylic acid groups (broad SMARTS) is 1. The van der Waals surface area contributed by atoms with Gasteiger partial charge in [-0.05, 0) is 6.92 Å². The molecular formula is C11H13ClN4O2. The van der Waals surface area contributed by atoms with Gasteiger partial charge in [0.15, 0.2) is 5.65 Å². The Kier molecular flexibility index (Phi) is 3.66. The molecule has 2 heterocycles. The number of nitrogens with zero attached hydrogens (tertiary/aromatic N) is 3. The van der Waals surface area contributed by atoms with E-state index in [-0.39, 0.29) is 5.56 Å². The second-order valence-corrected chi connectivity index (χ2v) is 4.04. The fraction of sp³-hybridized carbons (Fsp3) is 0.364. The standard InChI is InChI=1S/C11H13ClN4O2/c1-2-16-10-7(6-15-16)9(13-4-3-12)8(5-14-10)11(17)18/h5-6H,2-4H2,1H3,(H,13,14)(H,17,18). The maximum atomic E-state index is 11.2. The summed E-state index contributed by atoms with van der Waals surface area (Å²) in [5.41, 5.74) is 1.32. The summed E-state index contributed by atoms with van der Waals surface area (Å²) in [6.45, 7) is 3.11. The lowest BCUT2D eigenvalue weighted by Crippen LogP contribution is -2.10. The van der Waals surface area contributed by atoms with Gasteiger partial charge in [-0.1, -0.05) is 0 Å². The molecule has 0 radical (unpaired) electrons. The minimum Gasteiger partial charge on any atom is -0.478 e. The molecule has 0 amide bonds. The van der Waals surface area contributed by atoms with Crippen molar-refractivity contribution < 1.29 is 9.90 Å². The monoisotopic (exact) mass is 268 g/mol. The summed E-state index contributed by atoms with van der Waals surface area (Å²) in [4.78, 5) is 15.3. The van der Waals surface area contributed by atoms with E-state index in [1.54, 1.807) is 10.9 Å². The average Bonchev–Trinajstić information content (AvgIpc) is 2.78. The molecule has 0 spiro atoms. The molecule has 0 unspecified atom stereocenters. The van der Waals surface area contributed by atoms with Crippen molar-refractivity contribution in [3.05, 3.63) is 18.0 Å². The van der Waals surface area contributed by atoms with Crippen molar-refractivity contribution in [3.63, 3.8) is 0 Å². The third-order valence-electron chi connectivity index (χ3n) is 2.59. The number of aromatic nitrogens is 3. The fourth-order valence-corrected chi connectivity index (χ4v) is 1.88. The summed E-state index contributed by atoms with van der Waals surface area (Å²) in [5, 5.41) is 17.0. The van der Waals surface area contributed by atoms with E-state index in [1.807, 2.05) is 6.92 Å². The van der Waals surface area contributed by atoms with E-state index >= 15 is 0 Å². The SMILES string of the molecule is CCn1ncc2c(NCCCl)c(C(=O)O)cnc21. The molecule has 96 valence electrons. The maximum absolute atomic E-state index is 11.2. The number of nitrogens with one attached hydrogen (secondary N) is 1. The first-order valence-corrected chi connectivity index (χ1v) is 6.10. The number of fused-ring (bicyclic) bond motifs is 1. The van der Waals surface area contributed by atoms with Gasteiger partial charge >= 0.3 is 5.97 Å². The zero-order valence-electron chi connectivity index (χ0n) is 9.85. The van der Waals surface area contributed by atoms with Crippen LogP contribution in [0.2, 0.25) is 0 Å². The smallest absolute Gasteiger partial charge is 0.339 e. The van der Waals surface area contributed by atoms with Crippen LogP contribution in [0.15, 0.2) is 12.4 Å². The molecule has 0 fully saturated rings. The summed E-state index contributed by atoms with van der Waals surface area (Å²) in [6.07, 6.45) is 2.96. The van der Waals surface area contributed by atoms with E-state index in [4.69, 9.17) is 16.7 Å². The molecular weight excluding hydrogens is 256 g/mol. The lowest BCUT2D eigenvalue weighted by atomic mass is 10.2. The first-order chi connectivity index (χ1) is 8.69. The molecule has 2 aromatic heterocycles. The summed E-state index contributed by atoms with van der Waals surface area (Å²) in [5.74, 6) is -0.629. The Labute approximate surface area is 109 Å². The molecule has 0 atom stereocenters. The van der Waals surface area contributed by atoms with Gasteiger partial charge in [0.1, 0.15) is 5.56 Å². The molecule has 0 saturated heterocycles. The Balaban J connectivity index is 2.61. The molecule has 2 rings (SSSR count). The number of carbonyl (C=O) groups is 1. The third-order valence-corrected chi connectivity index (χ3v) is 2.78. The van der Waals surface area contributed by atoms with Gasteiger partial charge in [-0.2, -0.15) is 5.10 Å². The second kappa shape index (κ2) is 5.22. The summed E-state index contributed by atoms with van der Waals surface area (Å²) in [6, 6.07) is 0. The highest BCUT2D eigenvalue weighted by Gasteiger charge is 2.16. The van der Waals surface area contributed by atoms with E-state index in [0.717, 1.165) is 0 Å². The zero-order valence-corrected chi connectivity index (χ0v) is 10.6. The van der Waals surface area contributed by atoms with Crippen LogP contribution in [-0.2, 0) is 6.54 Å². The Bertz CT molecular complexity index is 582. The summed E-state index contributed by atoms with van der Waals surface area (Å²) >= 11 is 5.62. The highest BCUT2D eigenvalue weighted by Crippen LogP contribution is 2.25. The molecule has 0 aliphatic carbocycles. The van der Waals surface area contributed by atoms with Crippen molar-refractivity contribution in [2.24, 2.45) is 0 Å². The molecule has 0 bridgehead atoms. The number of aromatic carboxylic acids is 1. The normalized spacial score (nSPS) is 10.8. The van der Waals surface area contributed by atoms with Crippen molar-refractivity contribution in [2.45, 2.75) is 13.5 Å². The van der Waals surface area contributed by atoms with Crippen LogP contribution in [0.25, 0.3) is 11.0 Å². The van der Waals surface area contributed by atoms with Crippen LogP contribution in [0.3, 0.4) is 0 Å². The van der Waals surface area contributed by atoms with E-state index in [0.29, 0.717) is 35.7 Å². The first kappa shape index (κ1) is 12.6. The Morgan fingerprint density at radius 3 is 2.94 bits per heavy atom. The zero-order chi connectivity index (χ0) is 13.1. The maximum Gasteiger partial charge on any atom is 0.339 e. The van der Waals surface area contributed by atoms with Crippen molar-refractivity contribution in [1.82, 2.24) is 14.8 Å². The number of carboxylic acids is 1. The molecule has 2 aromatic rings. The van der Waals surface area contributed by atoms with Gasteiger partial charge in [-0.15, -0.1) is 11.6 Å². The van der Waals surface area contributed by atoms with E-state index in [1.165, 1.54) is 6.20 Å². The lowest BCUT2D eigenvalue weighted by molar-refractivity contribution is 0.0697. The number of hydrogen-bond acceptors (Lipinski definition) is 4. The van der Waals surface area contributed by atoms with E-state index in [2.05, 4.69) is 15.4 Å². The fourth-order valence-electron chi connectivity index (χ4n) is 1.78. The van der Waals surface area contributed by atoms with Gasteiger partial charge < -0.3 is 10.4 Å². The van der Waals surface area contributed by atoms with Gasteiger partial charge in [-0.3, -0.25) is 0 Å². The summed E-state index contributed by atoms with van der Waals surface area (Å²) in [7, 11) is 0. The average molecular weight is 269 g/mol. The predicted octanol–water partition coefficient (Wildman–Crippen LogP) is 1.80. The van der Waals surface area contributed by atoms with Gasteiger partial charge in [0.05, 0.1) is 17.3 Å². The Hall–Kier alpha value is -1.82. The third kappa shape index (κ3) is 2.11. The number of anilines is 1.